The lowest BCUT2D eigenvalue weighted by Crippen LogP contribution is -2.37. The van der Waals surface area contributed by atoms with E-state index in [1.54, 1.807) is 10.7 Å². The maximum Gasteiger partial charge on any atom is 0.150 e. The summed E-state index contributed by atoms with van der Waals surface area (Å²) in [7, 11) is 6.20. The first-order valence-electron chi connectivity index (χ1n) is 13.6. The number of piperidine rings is 1. The van der Waals surface area contributed by atoms with E-state index >= 15 is 0 Å². The fourth-order valence-electron chi connectivity index (χ4n) is 5.48. The molecule has 6 rings (SSSR count). The molecule has 1 atom stereocenters. The Morgan fingerprint density at radius 1 is 0.923 bits per heavy atom. The van der Waals surface area contributed by atoms with Gasteiger partial charge < -0.3 is 5.32 Å². The summed E-state index contributed by atoms with van der Waals surface area (Å²) in [4.78, 5) is 7.33. The van der Waals surface area contributed by atoms with E-state index in [2.05, 4.69) is 69.9 Å². The van der Waals surface area contributed by atoms with Gasteiger partial charge in [0.2, 0.25) is 0 Å². The average Bonchev–Trinajstić information content (AvgIpc) is 3.34. The number of fused-ring (bicyclic) bond motifs is 1. The molecule has 1 saturated heterocycles. The third-order valence-corrected chi connectivity index (χ3v) is 7.83. The molecule has 1 N–H and O–H groups in total. The van der Waals surface area contributed by atoms with Crippen molar-refractivity contribution in [3.8, 4) is 11.3 Å². The molecule has 3 heterocycles. The summed E-state index contributed by atoms with van der Waals surface area (Å²) in [6.45, 7) is 4.03. The number of benzene rings is 3. The Hall–Kier alpha value is -3.61. The lowest BCUT2D eigenvalue weighted by molar-refractivity contribution is 0.173. The summed E-state index contributed by atoms with van der Waals surface area (Å²) in [6, 6.07) is 29.5. The minimum absolute atomic E-state index is 0.538. The summed E-state index contributed by atoms with van der Waals surface area (Å²) in [5.74, 6) is 1.41. The molecule has 7 heteroatoms. The highest BCUT2D eigenvalue weighted by Crippen LogP contribution is 2.28. The fourth-order valence-corrected chi connectivity index (χ4v) is 5.71. The highest BCUT2D eigenvalue weighted by Gasteiger charge is 2.21. The molecule has 2 aromatic heterocycles. The fraction of sp³-hybridized carbons (Fsp3) is 0.250. The predicted octanol–water partition coefficient (Wildman–Crippen LogP) is 5.76. The van der Waals surface area contributed by atoms with Crippen molar-refractivity contribution in [2.24, 2.45) is 5.92 Å². The van der Waals surface area contributed by atoms with Crippen molar-refractivity contribution in [3.05, 3.63) is 113 Å². The molecule has 0 spiro atoms. The molecule has 0 aliphatic carbocycles. The molecule has 39 heavy (non-hydrogen) atoms. The van der Waals surface area contributed by atoms with Crippen LogP contribution in [0.2, 0.25) is 5.02 Å². The molecule has 1 fully saturated rings. The van der Waals surface area contributed by atoms with Crippen LogP contribution in [-0.2, 0) is 13.0 Å². The highest BCUT2D eigenvalue weighted by atomic mass is 35.5. The van der Waals surface area contributed by atoms with Gasteiger partial charge in [0.1, 0.15) is 13.7 Å². The summed E-state index contributed by atoms with van der Waals surface area (Å²) >= 11 is 6.48. The third-order valence-electron chi connectivity index (χ3n) is 7.50. The van der Waals surface area contributed by atoms with Crippen LogP contribution in [-0.4, -0.2) is 47.0 Å². The Bertz CT molecular complexity index is 1550. The van der Waals surface area contributed by atoms with Crippen LogP contribution in [0, 0.1) is 5.92 Å². The third kappa shape index (κ3) is 6.03. The second kappa shape index (κ2) is 11.6. The number of hydrogen-bond donors (Lipinski definition) is 1. The van der Waals surface area contributed by atoms with Gasteiger partial charge in [-0.15, -0.1) is 0 Å². The summed E-state index contributed by atoms with van der Waals surface area (Å²) in [5, 5.41) is 8.78. The molecule has 5 aromatic rings. The Kier molecular flexibility index (Phi) is 7.66. The number of nitrogens with one attached hydrogen (secondary N) is 1. The quantitative estimate of drug-likeness (QED) is 0.259. The Morgan fingerprint density at radius 2 is 1.67 bits per heavy atom. The van der Waals surface area contributed by atoms with Crippen molar-refractivity contribution in [1.82, 2.24) is 19.5 Å². The molecule has 0 saturated carbocycles. The molecule has 1 aliphatic rings. The smallest absolute Gasteiger partial charge is 0.150 e. The van der Waals surface area contributed by atoms with Gasteiger partial charge in [-0.1, -0.05) is 84.4 Å². The molecule has 0 bridgehead atoms. The lowest BCUT2D eigenvalue weighted by atomic mass is 9.97. The number of hydrogen-bond acceptors (Lipinski definition) is 4. The second-order valence-electron chi connectivity index (χ2n) is 10.4. The van der Waals surface area contributed by atoms with Crippen LogP contribution in [0.5, 0.6) is 0 Å². The molecule has 1 unspecified atom stereocenters. The first-order valence-corrected chi connectivity index (χ1v) is 14.0. The maximum atomic E-state index is 6.48. The van der Waals surface area contributed by atoms with Gasteiger partial charge in [-0.2, -0.15) is 9.61 Å². The molecule has 5 nitrogen and oxygen atoms in total. The predicted molar refractivity (Wildman–Crippen MR) is 161 cm³/mol. The van der Waals surface area contributed by atoms with Gasteiger partial charge in [0.05, 0.1) is 5.69 Å². The SMILES string of the molecule is [B]c1cnn2c(NCC3CCCN(Cc4ccc(Cc5ccccc5)cc4)C3)cc(-c3ccccc3Cl)nc12. The van der Waals surface area contributed by atoms with E-state index in [1.165, 1.54) is 29.5 Å². The van der Waals surface area contributed by atoms with Gasteiger partial charge >= 0.3 is 0 Å². The zero-order valence-electron chi connectivity index (χ0n) is 21.9. The summed E-state index contributed by atoms with van der Waals surface area (Å²) in [5.41, 5.74) is 6.91. The zero-order chi connectivity index (χ0) is 26.6. The van der Waals surface area contributed by atoms with E-state index in [0.29, 0.717) is 22.1 Å². The number of aromatic nitrogens is 3. The van der Waals surface area contributed by atoms with Crippen LogP contribution >= 0.6 is 11.6 Å². The van der Waals surface area contributed by atoms with Crippen LogP contribution in [0.25, 0.3) is 16.9 Å². The molecular formula is C32H31BClN5. The van der Waals surface area contributed by atoms with Gasteiger partial charge in [-0.05, 0) is 59.9 Å². The lowest BCUT2D eigenvalue weighted by Gasteiger charge is -2.33. The van der Waals surface area contributed by atoms with Crippen molar-refractivity contribution in [2.75, 3.05) is 25.0 Å². The summed E-state index contributed by atoms with van der Waals surface area (Å²) in [6.07, 6.45) is 5.02. The first kappa shape index (κ1) is 25.7. The Labute approximate surface area is 236 Å². The van der Waals surface area contributed by atoms with Crippen LogP contribution in [0.1, 0.15) is 29.5 Å². The second-order valence-corrected chi connectivity index (χ2v) is 10.9. The topological polar surface area (TPSA) is 45.5 Å². The van der Waals surface area contributed by atoms with Gasteiger partial charge in [0, 0.05) is 42.5 Å². The molecule has 0 amide bonds. The van der Waals surface area contributed by atoms with E-state index in [1.807, 2.05) is 30.3 Å². The largest absolute Gasteiger partial charge is 0.370 e. The van der Waals surface area contributed by atoms with Crippen molar-refractivity contribution in [3.63, 3.8) is 0 Å². The number of nitrogens with zero attached hydrogens (tertiary/aromatic N) is 4. The van der Waals surface area contributed by atoms with Crippen molar-refractivity contribution in [1.29, 1.82) is 0 Å². The average molecular weight is 532 g/mol. The number of halogens is 1. The van der Waals surface area contributed by atoms with Gasteiger partial charge in [0.15, 0.2) is 5.65 Å². The molecule has 3 aromatic carbocycles. The van der Waals surface area contributed by atoms with Crippen LogP contribution < -0.4 is 10.8 Å². The number of rotatable bonds is 8. The normalized spacial score (nSPS) is 16.0. The van der Waals surface area contributed by atoms with Gasteiger partial charge in [0.25, 0.3) is 0 Å². The standard InChI is InChI=1S/C32H31BClN5/c33-28-20-36-39-31(18-30(37-32(28)39)27-10-4-5-11-29(27)34)35-19-26-9-6-16-38(22-26)21-25-14-12-24(13-15-25)17-23-7-2-1-3-8-23/h1-5,7-8,10-15,18,20,26,35H,6,9,16-17,19,21-22H2. The Morgan fingerprint density at radius 3 is 2.49 bits per heavy atom. The van der Waals surface area contributed by atoms with E-state index in [4.69, 9.17) is 24.4 Å². The van der Waals surface area contributed by atoms with E-state index in [-0.39, 0.29) is 0 Å². The molecule has 1 aliphatic heterocycles. The van der Waals surface area contributed by atoms with Crippen molar-refractivity contribution in [2.45, 2.75) is 25.8 Å². The molecular weight excluding hydrogens is 501 g/mol. The Balaban J connectivity index is 1.11. The van der Waals surface area contributed by atoms with E-state index in [9.17, 15) is 0 Å². The van der Waals surface area contributed by atoms with Crippen LogP contribution in [0.4, 0.5) is 5.82 Å². The first-order chi connectivity index (χ1) is 19.1. The zero-order valence-corrected chi connectivity index (χ0v) is 22.7. The van der Waals surface area contributed by atoms with Crippen LogP contribution in [0.3, 0.4) is 0 Å². The van der Waals surface area contributed by atoms with Crippen molar-refractivity contribution < 1.29 is 0 Å². The van der Waals surface area contributed by atoms with Gasteiger partial charge in [-0.3, -0.25) is 4.90 Å². The number of anilines is 1. The maximum absolute atomic E-state index is 6.48. The number of likely N-dealkylation sites (tertiary alicyclic amines) is 1. The van der Waals surface area contributed by atoms with Crippen LogP contribution in [0.15, 0.2) is 91.1 Å². The van der Waals surface area contributed by atoms with E-state index in [0.717, 1.165) is 49.7 Å². The monoisotopic (exact) mass is 531 g/mol. The van der Waals surface area contributed by atoms with E-state index < -0.39 is 0 Å². The minimum Gasteiger partial charge on any atom is -0.370 e. The summed E-state index contributed by atoms with van der Waals surface area (Å²) < 4.78 is 1.78. The highest BCUT2D eigenvalue weighted by molar-refractivity contribution is 6.36. The minimum atomic E-state index is 0.538. The van der Waals surface area contributed by atoms with Gasteiger partial charge in [-0.25, -0.2) is 4.98 Å². The molecule has 194 valence electrons. The molecule has 2 radical (unpaired) electrons. The van der Waals surface area contributed by atoms with Crippen molar-refractivity contribution >= 4 is 36.4 Å².